The van der Waals surface area contributed by atoms with Crippen LogP contribution in [0.5, 0.6) is 0 Å². The van der Waals surface area contributed by atoms with Gasteiger partial charge in [0.1, 0.15) is 5.15 Å². The number of nitrogens with one attached hydrogen (secondary N) is 1. The number of nitrogens with zero attached hydrogens (tertiary/aromatic N) is 1. The van der Waals surface area contributed by atoms with E-state index in [-0.39, 0.29) is 5.91 Å². The van der Waals surface area contributed by atoms with Crippen molar-refractivity contribution in [2.45, 2.75) is 13.8 Å². The third-order valence-electron chi connectivity index (χ3n) is 2.73. The summed E-state index contributed by atoms with van der Waals surface area (Å²) in [5.41, 5.74) is 3.02. The summed E-state index contributed by atoms with van der Waals surface area (Å²) in [5.74, 6) is -0.173. The molecule has 0 aliphatic carbocycles. The number of anilines is 1. The number of carbonyl (C=O) groups excluding carboxylic acids is 1. The van der Waals surface area contributed by atoms with Gasteiger partial charge in [0.05, 0.1) is 11.4 Å². The third kappa shape index (κ3) is 3.33. The van der Waals surface area contributed by atoms with E-state index in [2.05, 4.69) is 26.2 Å². The topological polar surface area (TPSA) is 42.0 Å². The summed E-state index contributed by atoms with van der Waals surface area (Å²) < 4.78 is 0.908. The van der Waals surface area contributed by atoms with E-state index in [1.165, 1.54) is 0 Å². The molecule has 98 valence electrons. The maximum Gasteiger partial charge on any atom is 0.255 e. The fraction of sp³-hybridized carbons (Fsp3) is 0.143. The SMILES string of the molecule is Cc1ccc(C(=O)Nc2ccc(Cl)nc2C)cc1Br. The van der Waals surface area contributed by atoms with Gasteiger partial charge in [-0.25, -0.2) is 4.98 Å². The van der Waals surface area contributed by atoms with Crippen molar-refractivity contribution in [3.8, 4) is 0 Å². The zero-order valence-corrected chi connectivity index (χ0v) is 12.8. The molecule has 1 aromatic heterocycles. The second kappa shape index (κ2) is 5.72. The first-order valence-corrected chi connectivity index (χ1v) is 6.85. The maximum atomic E-state index is 12.1. The van der Waals surface area contributed by atoms with E-state index >= 15 is 0 Å². The highest BCUT2D eigenvalue weighted by Crippen LogP contribution is 2.20. The summed E-state index contributed by atoms with van der Waals surface area (Å²) in [5, 5.41) is 3.23. The van der Waals surface area contributed by atoms with Gasteiger partial charge in [-0.05, 0) is 43.7 Å². The van der Waals surface area contributed by atoms with Crippen LogP contribution in [0.4, 0.5) is 5.69 Å². The normalized spacial score (nSPS) is 10.3. The monoisotopic (exact) mass is 338 g/mol. The van der Waals surface area contributed by atoms with E-state index < -0.39 is 0 Å². The quantitative estimate of drug-likeness (QED) is 0.826. The Kier molecular flexibility index (Phi) is 4.22. The van der Waals surface area contributed by atoms with Gasteiger partial charge in [-0.3, -0.25) is 4.79 Å². The first-order valence-electron chi connectivity index (χ1n) is 5.68. The van der Waals surface area contributed by atoms with Crippen LogP contribution in [0.1, 0.15) is 21.6 Å². The molecule has 5 heteroatoms. The van der Waals surface area contributed by atoms with Crippen molar-refractivity contribution < 1.29 is 4.79 Å². The fourth-order valence-corrected chi connectivity index (χ4v) is 2.16. The van der Waals surface area contributed by atoms with Gasteiger partial charge < -0.3 is 5.32 Å². The molecule has 2 rings (SSSR count). The number of halogens is 2. The molecule has 0 bridgehead atoms. The number of hydrogen-bond donors (Lipinski definition) is 1. The number of rotatable bonds is 2. The molecule has 0 aliphatic heterocycles. The average Bonchev–Trinajstić information content (AvgIpc) is 2.36. The van der Waals surface area contributed by atoms with Crippen LogP contribution in [0.25, 0.3) is 0 Å². The predicted molar refractivity (Wildman–Crippen MR) is 80.8 cm³/mol. The zero-order valence-electron chi connectivity index (χ0n) is 10.5. The molecule has 0 fully saturated rings. The average molecular weight is 340 g/mol. The first kappa shape index (κ1) is 14.0. The van der Waals surface area contributed by atoms with Crippen LogP contribution < -0.4 is 5.32 Å². The number of benzene rings is 1. The van der Waals surface area contributed by atoms with Crippen LogP contribution in [-0.4, -0.2) is 10.9 Å². The molecule has 1 heterocycles. The van der Waals surface area contributed by atoms with Gasteiger partial charge in [0.25, 0.3) is 5.91 Å². The van der Waals surface area contributed by atoms with E-state index in [0.717, 1.165) is 10.0 Å². The van der Waals surface area contributed by atoms with E-state index in [9.17, 15) is 4.79 Å². The van der Waals surface area contributed by atoms with Crippen molar-refractivity contribution in [1.29, 1.82) is 0 Å². The lowest BCUT2D eigenvalue weighted by Gasteiger charge is -2.08. The number of aromatic nitrogens is 1. The lowest BCUT2D eigenvalue weighted by molar-refractivity contribution is 0.102. The summed E-state index contributed by atoms with van der Waals surface area (Å²) in [7, 11) is 0. The van der Waals surface area contributed by atoms with Crippen molar-refractivity contribution in [1.82, 2.24) is 4.98 Å². The molecule has 0 unspecified atom stereocenters. The Bertz CT molecular complexity index is 643. The molecule has 1 amide bonds. The summed E-state index contributed by atoms with van der Waals surface area (Å²) in [6.45, 7) is 3.77. The molecule has 19 heavy (non-hydrogen) atoms. The number of carbonyl (C=O) groups is 1. The molecule has 0 saturated heterocycles. The lowest BCUT2D eigenvalue weighted by Crippen LogP contribution is -2.13. The smallest absolute Gasteiger partial charge is 0.255 e. The molecule has 1 aromatic carbocycles. The van der Waals surface area contributed by atoms with Crippen molar-refractivity contribution in [3.05, 3.63) is 56.8 Å². The number of pyridine rings is 1. The van der Waals surface area contributed by atoms with Gasteiger partial charge in [0.2, 0.25) is 0 Å². The number of hydrogen-bond acceptors (Lipinski definition) is 2. The van der Waals surface area contributed by atoms with E-state index in [4.69, 9.17) is 11.6 Å². The Hall–Kier alpha value is -1.39. The lowest BCUT2D eigenvalue weighted by atomic mass is 10.1. The summed E-state index contributed by atoms with van der Waals surface area (Å²) in [6, 6.07) is 8.87. The molecule has 0 atom stereocenters. The van der Waals surface area contributed by atoms with Crippen LogP contribution in [0.3, 0.4) is 0 Å². The second-order valence-corrected chi connectivity index (χ2v) is 5.43. The second-order valence-electron chi connectivity index (χ2n) is 4.19. The van der Waals surface area contributed by atoms with Gasteiger partial charge in [-0.2, -0.15) is 0 Å². The highest BCUT2D eigenvalue weighted by atomic mass is 79.9. The first-order chi connectivity index (χ1) is 8.97. The molecular formula is C14H12BrClN2O. The van der Waals surface area contributed by atoms with E-state index in [1.54, 1.807) is 31.2 Å². The van der Waals surface area contributed by atoms with Crippen LogP contribution in [0, 0.1) is 13.8 Å². The standard InChI is InChI=1S/C14H12BrClN2O/c1-8-3-4-10(7-11(8)15)14(19)18-12-5-6-13(16)17-9(12)2/h3-7H,1-2H3,(H,18,19). The van der Waals surface area contributed by atoms with Gasteiger partial charge in [-0.15, -0.1) is 0 Å². The minimum Gasteiger partial charge on any atom is -0.320 e. The van der Waals surface area contributed by atoms with Crippen molar-refractivity contribution >= 4 is 39.1 Å². The third-order valence-corrected chi connectivity index (χ3v) is 3.80. The van der Waals surface area contributed by atoms with Crippen LogP contribution in [-0.2, 0) is 0 Å². The highest BCUT2D eigenvalue weighted by molar-refractivity contribution is 9.10. The van der Waals surface area contributed by atoms with E-state index in [1.807, 2.05) is 13.0 Å². The highest BCUT2D eigenvalue weighted by Gasteiger charge is 2.09. The number of amides is 1. The van der Waals surface area contributed by atoms with Crippen molar-refractivity contribution in [2.75, 3.05) is 5.32 Å². The Labute approximate surface area is 125 Å². The predicted octanol–water partition coefficient (Wildman–Crippen LogP) is 4.37. The van der Waals surface area contributed by atoms with Crippen molar-refractivity contribution in [3.63, 3.8) is 0 Å². The summed E-state index contributed by atoms with van der Waals surface area (Å²) in [6.07, 6.45) is 0. The fourth-order valence-electron chi connectivity index (χ4n) is 1.59. The number of aryl methyl sites for hydroxylation is 2. The molecule has 1 N–H and O–H groups in total. The Morgan fingerprint density at radius 2 is 2.00 bits per heavy atom. The zero-order chi connectivity index (χ0) is 14.0. The Morgan fingerprint density at radius 3 is 2.63 bits per heavy atom. The molecular weight excluding hydrogens is 328 g/mol. The molecule has 0 radical (unpaired) electrons. The summed E-state index contributed by atoms with van der Waals surface area (Å²) in [4.78, 5) is 16.2. The summed E-state index contributed by atoms with van der Waals surface area (Å²) >= 11 is 9.19. The van der Waals surface area contributed by atoms with Crippen LogP contribution in [0.2, 0.25) is 5.15 Å². The Morgan fingerprint density at radius 1 is 1.26 bits per heavy atom. The van der Waals surface area contributed by atoms with E-state index in [0.29, 0.717) is 22.1 Å². The Balaban J connectivity index is 2.23. The van der Waals surface area contributed by atoms with Crippen LogP contribution >= 0.6 is 27.5 Å². The van der Waals surface area contributed by atoms with Gasteiger partial charge in [0.15, 0.2) is 0 Å². The van der Waals surface area contributed by atoms with Gasteiger partial charge in [-0.1, -0.05) is 33.6 Å². The molecule has 2 aromatic rings. The van der Waals surface area contributed by atoms with Crippen LogP contribution in [0.15, 0.2) is 34.8 Å². The molecule has 0 aliphatic rings. The maximum absolute atomic E-state index is 12.1. The van der Waals surface area contributed by atoms with Gasteiger partial charge >= 0.3 is 0 Å². The van der Waals surface area contributed by atoms with Crippen molar-refractivity contribution in [2.24, 2.45) is 0 Å². The molecule has 0 saturated carbocycles. The van der Waals surface area contributed by atoms with Gasteiger partial charge in [0, 0.05) is 10.0 Å². The molecule has 3 nitrogen and oxygen atoms in total. The largest absolute Gasteiger partial charge is 0.320 e. The molecule has 0 spiro atoms. The minimum absolute atomic E-state index is 0.173. The minimum atomic E-state index is -0.173.